The first kappa shape index (κ1) is 32.5. The van der Waals surface area contributed by atoms with Crippen LogP contribution in [0.3, 0.4) is 0 Å². The predicted molar refractivity (Wildman–Crippen MR) is 174 cm³/mol. The molecule has 0 atom stereocenters. The van der Waals surface area contributed by atoms with Crippen LogP contribution in [0.1, 0.15) is 0 Å². The van der Waals surface area contributed by atoms with Crippen molar-refractivity contribution in [3.8, 4) is 5.75 Å². The van der Waals surface area contributed by atoms with Gasteiger partial charge >= 0.3 is 0 Å². The molecule has 6 aromatic rings. The number of nitrogens with two attached hydrogens (primary N) is 1. The number of azo groups is 2. The molecule has 5 aromatic carbocycles. The minimum Gasteiger partial charge on any atom is -0.505 e. The summed E-state index contributed by atoms with van der Waals surface area (Å²) in [7, 11) is -14.7. The van der Waals surface area contributed by atoms with E-state index in [1.807, 2.05) is 24.3 Å². The molecule has 0 fully saturated rings. The van der Waals surface area contributed by atoms with E-state index < -0.39 is 62.2 Å². The van der Waals surface area contributed by atoms with Gasteiger partial charge < -0.3 is 10.8 Å². The molecule has 0 aliphatic rings. The van der Waals surface area contributed by atoms with E-state index in [1.54, 1.807) is 6.07 Å². The van der Waals surface area contributed by atoms with Gasteiger partial charge in [0.15, 0.2) is 5.75 Å². The summed E-state index contributed by atoms with van der Waals surface area (Å²) in [4.78, 5) is 2.05. The minimum atomic E-state index is -5.13. The number of fused-ring (bicyclic) bond motifs is 3. The van der Waals surface area contributed by atoms with Crippen molar-refractivity contribution in [2.24, 2.45) is 20.5 Å². The van der Waals surface area contributed by atoms with Gasteiger partial charge in [-0.25, -0.2) is 0 Å². The van der Waals surface area contributed by atoms with E-state index >= 15 is 0 Å². The molecule has 6 rings (SSSR count). The summed E-state index contributed by atoms with van der Waals surface area (Å²) >= 11 is 0. The first-order valence-corrected chi connectivity index (χ1v) is 17.6. The van der Waals surface area contributed by atoms with Crippen LogP contribution in [0.4, 0.5) is 28.4 Å². The maximum atomic E-state index is 12.3. The highest BCUT2D eigenvalue weighted by Crippen LogP contribution is 2.44. The van der Waals surface area contributed by atoms with E-state index in [0.29, 0.717) is 5.69 Å². The highest BCUT2D eigenvalue weighted by atomic mass is 32.2. The molecule has 0 amide bonds. The molecule has 16 nitrogen and oxygen atoms in total. The molecule has 0 saturated carbocycles. The number of rotatable bonds is 7. The summed E-state index contributed by atoms with van der Waals surface area (Å²) in [6, 6.07) is 17.9. The molecule has 0 unspecified atom stereocenters. The lowest BCUT2D eigenvalue weighted by Gasteiger charge is -2.11. The van der Waals surface area contributed by atoms with E-state index in [9.17, 15) is 44.0 Å². The third-order valence-electron chi connectivity index (χ3n) is 7.08. The van der Waals surface area contributed by atoms with Gasteiger partial charge in [-0.1, -0.05) is 24.3 Å². The van der Waals surface area contributed by atoms with Gasteiger partial charge in [-0.15, -0.1) is 20.5 Å². The first-order chi connectivity index (χ1) is 22.5. The smallest absolute Gasteiger partial charge is 0.296 e. The normalized spacial score (nSPS) is 13.0. The third-order valence-corrected chi connectivity index (χ3v) is 9.71. The summed E-state index contributed by atoms with van der Waals surface area (Å²) in [6.07, 6.45) is 1.51. The summed E-state index contributed by atoms with van der Waals surface area (Å²) in [5.74, 6) is -0.880. The predicted octanol–water partition coefficient (Wildman–Crippen LogP) is 6.40. The van der Waals surface area contributed by atoms with Crippen LogP contribution in [0.2, 0.25) is 0 Å². The Bertz CT molecular complexity index is 2740. The van der Waals surface area contributed by atoms with Crippen molar-refractivity contribution >= 4 is 91.2 Å². The molecule has 0 radical (unpaired) electrons. The lowest BCUT2D eigenvalue weighted by Crippen LogP contribution is -2.04. The highest BCUT2D eigenvalue weighted by Gasteiger charge is 2.25. The van der Waals surface area contributed by atoms with Crippen molar-refractivity contribution in [3.63, 3.8) is 0 Å². The lowest BCUT2D eigenvalue weighted by molar-refractivity contribution is 0.472. The zero-order valence-corrected chi connectivity index (χ0v) is 26.3. The van der Waals surface area contributed by atoms with Crippen LogP contribution < -0.4 is 5.73 Å². The van der Waals surface area contributed by atoms with Gasteiger partial charge in [-0.05, 0) is 60.0 Å². The summed E-state index contributed by atoms with van der Waals surface area (Å²) < 4.78 is 101. The quantitative estimate of drug-likeness (QED) is 0.0684. The van der Waals surface area contributed by atoms with Crippen molar-refractivity contribution < 1.29 is 44.0 Å². The number of phenols is 1. The maximum absolute atomic E-state index is 12.3. The Morgan fingerprint density at radius 2 is 1.25 bits per heavy atom. The van der Waals surface area contributed by atoms with Crippen LogP contribution in [-0.4, -0.2) is 49.0 Å². The molecule has 1 aromatic heterocycles. The van der Waals surface area contributed by atoms with Gasteiger partial charge in [0, 0.05) is 21.5 Å². The molecule has 0 saturated heterocycles. The molecular formula is C29H20N6O10S3. The number of anilines is 1. The van der Waals surface area contributed by atoms with Crippen LogP contribution in [0.25, 0.3) is 32.4 Å². The van der Waals surface area contributed by atoms with Gasteiger partial charge in [-0.2, -0.15) is 25.3 Å². The average Bonchev–Trinajstić information content (AvgIpc) is 3.01. The van der Waals surface area contributed by atoms with Crippen LogP contribution in [-0.2, 0) is 30.4 Å². The second-order valence-corrected chi connectivity index (χ2v) is 14.4. The number of hydrogen-bond donors (Lipinski definition) is 5. The van der Waals surface area contributed by atoms with Crippen molar-refractivity contribution in [1.82, 2.24) is 4.98 Å². The van der Waals surface area contributed by atoms with Gasteiger partial charge in [-0.3, -0.25) is 18.6 Å². The standard InChI is InChI=1S/C29H20N6O10S3/c30-22-13-20-16(10-26(22)47(40,41)42)11-27(48(43,44)45)28(29(20)36)35-34-25-8-7-24(19-6-5-18(12-21(19)25)46(37,38)39)33-32-17-9-15-3-1-2-4-23(15)31-14-17/h1-14,36H,30H2,(H,37,38,39)(H,40,41,42)(H,43,44,45)/b33-32+,35-34+. The zero-order chi connectivity index (χ0) is 34.6. The van der Waals surface area contributed by atoms with Crippen molar-refractivity contribution in [1.29, 1.82) is 0 Å². The van der Waals surface area contributed by atoms with Crippen LogP contribution in [0.5, 0.6) is 5.75 Å². The van der Waals surface area contributed by atoms with Crippen molar-refractivity contribution in [2.45, 2.75) is 14.7 Å². The zero-order valence-electron chi connectivity index (χ0n) is 23.9. The molecular weight excluding hydrogens is 689 g/mol. The molecule has 0 spiro atoms. The van der Waals surface area contributed by atoms with Gasteiger partial charge in [0.05, 0.1) is 33.7 Å². The minimum absolute atomic E-state index is 0.0534. The number of hydrogen-bond acceptors (Lipinski definition) is 13. The molecule has 0 bridgehead atoms. The fraction of sp³-hybridized carbons (Fsp3) is 0. The largest absolute Gasteiger partial charge is 0.505 e. The summed E-state index contributed by atoms with van der Waals surface area (Å²) in [5, 5.41) is 28.0. The molecule has 0 aliphatic carbocycles. The Kier molecular flexibility index (Phi) is 7.90. The van der Waals surface area contributed by atoms with E-state index in [1.165, 1.54) is 24.4 Å². The van der Waals surface area contributed by atoms with Crippen LogP contribution in [0, 0.1) is 0 Å². The molecule has 1 heterocycles. The number of pyridine rings is 1. The summed E-state index contributed by atoms with van der Waals surface area (Å²) in [5.41, 5.74) is 5.75. The van der Waals surface area contributed by atoms with Crippen LogP contribution in [0.15, 0.2) is 120 Å². The lowest BCUT2D eigenvalue weighted by atomic mass is 10.1. The second kappa shape index (κ2) is 11.7. The number of benzene rings is 5. The molecule has 6 N–H and O–H groups in total. The summed E-state index contributed by atoms with van der Waals surface area (Å²) in [6.45, 7) is 0. The van der Waals surface area contributed by atoms with Gasteiger partial charge in [0.1, 0.15) is 21.2 Å². The van der Waals surface area contributed by atoms with Gasteiger partial charge in [0.2, 0.25) is 0 Å². The number of para-hydroxylation sites is 1. The van der Waals surface area contributed by atoms with E-state index in [4.69, 9.17) is 5.73 Å². The Hall–Kier alpha value is -5.44. The van der Waals surface area contributed by atoms with Gasteiger partial charge in [0.25, 0.3) is 30.4 Å². The Labute approximate surface area is 271 Å². The van der Waals surface area contributed by atoms with E-state index in [0.717, 1.165) is 41.2 Å². The monoisotopic (exact) mass is 708 g/mol. The number of aromatic nitrogens is 1. The van der Waals surface area contributed by atoms with E-state index in [-0.39, 0.29) is 32.9 Å². The average molecular weight is 709 g/mol. The number of phenolic OH excluding ortho intramolecular Hbond substituents is 1. The molecule has 48 heavy (non-hydrogen) atoms. The highest BCUT2D eigenvalue weighted by molar-refractivity contribution is 7.86. The maximum Gasteiger partial charge on any atom is 0.296 e. The first-order valence-electron chi connectivity index (χ1n) is 13.3. The SMILES string of the molecule is Nc1cc2c(O)c(/N=N/c3ccc(/N=N/c4cnc5ccccc5c4)c4ccc(S(=O)(=O)O)cc34)c(S(=O)(=O)O)cc2cc1S(=O)(=O)O. The molecule has 244 valence electrons. The topological polar surface area (TPSA) is 272 Å². The Morgan fingerprint density at radius 3 is 1.94 bits per heavy atom. The fourth-order valence-corrected chi connectivity index (χ4v) is 6.67. The fourth-order valence-electron chi connectivity index (χ4n) is 4.87. The number of nitrogens with zero attached hydrogens (tertiary/aromatic N) is 5. The number of aromatic hydroxyl groups is 1. The third kappa shape index (κ3) is 6.28. The van der Waals surface area contributed by atoms with Crippen molar-refractivity contribution in [2.75, 3.05) is 5.73 Å². The number of nitrogen functional groups attached to an aromatic ring is 1. The van der Waals surface area contributed by atoms with E-state index in [2.05, 4.69) is 25.4 Å². The Morgan fingerprint density at radius 1 is 0.604 bits per heavy atom. The Balaban J connectivity index is 1.51. The molecule has 0 aliphatic heterocycles. The van der Waals surface area contributed by atoms with Crippen molar-refractivity contribution in [3.05, 3.63) is 85.1 Å². The molecule has 19 heteroatoms. The van der Waals surface area contributed by atoms with Crippen LogP contribution >= 0.6 is 0 Å². The second-order valence-electron chi connectivity index (χ2n) is 10.2.